The summed E-state index contributed by atoms with van der Waals surface area (Å²) < 4.78 is 32.8. The number of benzene rings is 2. The Morgan fingerprint density at radius 2 is 1.76 bits per heavy atom. The van der Waals surface area contributed by atoms with E-state index in [1.807, 2.05) is 12.1 Å². The van der Waals surface area contributed by atoms with Crippen LogP contribution in [0.4, 0.5) is 0 Å². The van der Waals surface area contributed by atoms with Gasteiger partial charge < -0.3 is 10.1 Å². The maximum Gasteiger partial charge on any atom is 0.227 e. The molecule has 174 valence electrons. The third-order valence-corrected chi connectivity index (χ3v) is 9.28. The van der Waals surface area contributed by atoms with Crippen LogP contribution in [0.2, 0.25) is 15.1 Å². The van der Waals surface area contributed by atoms with Crippen molar-refractivity contribution in [3.63, 3.8) is 0 Å². The second-order valence-electron chi connectivity index (χ2n) is 8.48. The molecule has 0 spiro atoms. The molecule has 4 rings (SSSR count). The monoisotopic (exact) mass is 526 g/mol. The van der Waals surface area contributed by atoms with Crippen LogP contribution in [0.25, 0.3) is 0 Å². The first kappa shape index (κ1) is 24.3. The van der Waals surface area contributed by atoms with Crippen LogP contribution in [-0.4, -0.2) is 31.2 Å². The van der Waals surface area contributed by atoms with E-state index in [4.69, 9.17) is 39.5 Å². The summed E-state index contributed by atoms with van der Waals surface area (Å²) in [6.45, 7) is 0.198. The van der Waals surface area contributed by atoms with Crippen molar-refractivity contribution in [2.45, 2.75) is 54.1 Å². The standard InChI is InChI=1S/C23H21Cl3N2O4S/c24-15-3-1-14(2-4-15)12-32-20-11-17(10-18(20)22(29)28-23(13-27)7-8-23)33(30,31)21-6-5-16(25)9-19(21)26/h1-6,9,17-18,20H,7-8,10-12H2,(H,28,29). The molecule has 0 heterocycles. The van der Waals surface area contributed by atoms with Crippen LogP contribution >= 0.6 is 34.8 Å². The smallest absolute Gasteiger partial charge is 0.227 e. The third-order valence-electron chi connectivity index (χ3n) is 6.14. The SMILES string of the molecule is N#CC1(NC(=O)C2CC(S(=O)(=O)c3ccc(Cl)cc3Cl)CC2OCc2ccc(Cl)cc2)CC1. The second-order valence-corrected chi connectivity index (χ2v) is 12.0. The lowest BCUT2D eigenvalue weighted by molar-refractivity contribution is -0.130. The zero-order valence-corrected chi connectivity index (χ0v) is 20.5. The largest absolute Gasteiger partial charge is 0.373 e. The van der Waals surface area contributed by atoms with E-state index in [1.165, 1.54) is 18.2 Å². The summed E-state index contributed by atoms with van der Waals surface area (Å²) in [7, 11) is -3.84. The predicted molar refractivity (Wildman–Crippen MR) is 126 cm³/mol. The van der Waals surface area contributed by atoms with Crippen LogP contribution in [0.15, 0.2) is 47.4 Å². The highest BCUT2D eigenvalue weighted by molar-refractivity contribution is 7.92. The molecule has 0 aliphatic heterocycles. The van der Waals surface area contributed by atoms with Gasteiger partial charge in [-0.25, -0.2) is 8.42 Å². The fourth-order valence-corrected chi connectivity index (χ4v) is 6.76. The number of halogens is 3. The van der Waals surface area contributed by atoms with Crippen molar-refractivity contribution in [2.75, 3.05) is 0 Å². The van der Waals surface area contributed by atoms with Crippen LogP contribution in [0.1, 0.15) is 31.2 Å². The molecule has 2 aromatic carbocycles. The fraction of sp³-hybridized carbons (Fsp3) is 0.391. The number of carbonyl (C=O) groups is 1. The third kappa shape index (κ3) is 5.31. The van der Waals surface area contributed by atoms with E-state index in [2.05, 4.69) is 11.4 Å². The molecule has 10 heteroatoms. The minimum atomic E-state index is -3.84. The number of nitrogens with one attached hydrogen (secondary N) is 1. The lowest BCUT2D eigenvalue weighted by Gasteiger charge is -2.21. The zero-order valence-electron chi connectivity index (χ0n) is 17.4. The highest BCUT2D eigenvalue weighted by Crippen LogP contribution is 2.40. The van der Waals surface area contributed by atoms with Gasteiger partial charge in [-0.2, -0.15) is 5.26 Å². The van der Waals surface area contributed by atoms with Gasteiger partial charge >= 0.3 is 0 Å². The Balaban J connectivity index is 1.56. The Labute approximate surface area is 207 Å². The molecule has 0 saturated heterocycles. The van der Waals surface area contributed by atoms with Crippen molar-refractivity contribution >= 4 is 50.5 Å². The number of rotatable bonds is 7. The van der Waals surface area contributed by atoms with E-state index in [0.717, 1.165) is 5.56 Å². The summed E-state index contributed by atoms with van der Waals surface area (Å²) >= 11 is 18.0. The van der Waals surface area contributed by atoms with Crippen molar-refractivity contribution in [1.82, 2.24) is 5.32 Å². The maximum absolute atomic E-state index is 13.4. The number of ether oxygens (including phenoxy) is 1. The molecule has 2 aliphatic rings. The van der Waals surface area contributed by atoms with E-state index in [0.29, 0.717) is 22.9 Å². The number of nitriles is 1. The number of nitrogens with zero attached hydrogens (tertiary/aromatic N) is 1. The van der Waals surface area contributed by atoms with Crippen LogP contribution in [-0.2, 0) is 26.0 Å². The van der Waals surface area contributed by atoms with Crippen LogP contribution in [0, 0.1) is 17.2 Å². The predicted octanol–water partition coefficient (Wildman–Crippen LogP) is 4.96. The molecule has 2 aliphatic carbocycles. The van der Waals surface area contributed by atoms with Gasteiger partial charge in [0.25, 0.3) is 0 Å². The Morgan fingerprint density at radius 3 is 2.36 bits per heavy atom. The molecule has 2 aromatic rings. The number of carbonyl (C=O) groups excluding carboxylic acids is 1. The van der Waals surface area contributed by atoms with Gasteiger partial charge in [0, 0.05) is 10.0 Å². The Bertz CT molecular complexity index is 1210. The summed E-state index contributed by atoms with van der Waals surface area (Å²) in [6, 6.07) is 13.5. The summed E-state index contributed by atoms with van der Waals surface area (Å²) in [4.78, 5) is 13.0. The Kier molecular flexibility index (Phi) is 6.95. The number of sulfone groups is 1. The molecule has 0 aromatic heterocycles. The lowest BCUT2D eigenvalue weighted by atomic mass is 10.0. The molecule has 33 heavy (non-hydrogen) atoms. The number of hydrogen-bond acceptors (Lipinski definition) is 5. The highest BCUT2D eigenvalue weighted by Gasteiger charge is 2.50. The van der Waals surface area contributed by atoms with Crippen molar-refractivity contribution in [3.05, 3.63) is 63.1 Å². The summed E-state index contributed by atoms with van der Waals surface area (Å²) in [5.74, 6) is -1.08. The number of hydrogen-bond donors (Lipinski definition) is 1. The van der Waals surface area contributed by atoms with E-state index in [1.54, 1.807) is 12.1 Å². The normalized spacial score (nSPS) is 23.6. The van der Waals surface area contributed by atoms with Gasteiger partial charge in [0.05, 0.1) is 39.9 Å². The molecule has 0 bridgehead atoms. The van der Waals surface area contributed by atoms with E-state index >= 15 is 0 Å². The molecule has 1 N–H and O–H groups in total. The van der Waals surface area contributed by atoms with Crippen LogP contribution < -0.4 is 5.32 Å². The molecule has 1 amide bonds. The average Bonchev–Trinajstić information content (AvgIpc) is 3.40. The minimum absolute atomic E-state index is 0.0215. The molecule has 2 saturated carbocycles. The van der Waals surface area contributed by atoms with Gasteiger partial charge in [-0.3, -0.25) is 4.79 Å². The van der Waals surface area contributed by atoms with Crippen molar-refractivity contribution in [2.24, 2.45) is 5.92 Å². The van der Waals surface area contributed by atoms with Crippen molar-refractivity contribution < 1.29 is 17.9 Å². The topological polar surface area (TPSA) is 96.3 Å². The zero-order chi connectivity index (χ0) is 23.8. The molecule has 3 atom stereocenters. The second kappa shape index (κ2) is 9.44. The molecule has 6 nitrogen and oxygen atoms in total. The van der Waals surface area contributed by atoms with E-state index < -0.39 is 32.6 Å². The summed E-state index contributed by atoms with van der Waals surface area (Å²) in [5.41, 5.74) is -0.00449. The lowest BCUT2D eigenvalue weighted by Crippen LogP contribution is -2.42. The minimum Gasteiger partial charge on any atom is -0.373 e. The van der Waals surface area contributed by atoms with Gasteiger partial charge in [-0.1, -0.05) is 46.9 Å². The van der Waals surface area contributed by atoms with E-state index in [9.17, 15) is 18.5 Å². The highest BCUT2D eigenvalue weighted by atomic mass is 35.5. The van der Waals surface area contributed by atoms with Crippen LogP contribution in [0.3, 0.4) is 0 Å². The molecular formula is C23H21Cl3N2O4S. The summed E-state index contributed by atoms with van der Waals surface area (Å²) in [6.07, 6.45) is 0.730. The molecule has 3 unspecified atom stereocenters. The van der Waals surface area contributed by atoms with Crippen molar-refractivity contribution in [3.8, 4) is 6.07 Å². The van der Waals surface area contributed by atoms with Gasteiger partial charge in [0.15, 0.2) is 9.84 Å². The Hall–Kier alpha value is -1.82. The van der Waals surface area contributed by atoms with Gasteiger partial charge in [-0.05, 0) is 61.6 Å². The fourth-order valence-electron chi connectivity index (χ4n) is 4.06. The van der Waals surface area contributed by atoms with E-state index in [-0.39, 0.29) is 35.3 Å². The average molecular weight is 528 g/mol. The first-order valence-electron chi connectivity index (χ1n) is 10.4. The molecule has 2 fully saturated rings. The van der Waals surface area contributed by atoms with Gasteiger partial charge in [0.2, 0.25) is 5.91 Å². The van der Waals surface area contributed by atoms with Crippen molar-refractivity contribution in [1.29, 1.82) is 5.26 Å². The first-order chi connectivity index (χ1) is 15.6. The summed E-state index contributed by atoms with van der Waals surface area (Å²) in [5, 5.41) is 12.2. The Morgan fingerprint density at radius 1 is 1.09 bits per heavy atom. The quantitative estimate of drug-likeness (QED) is 0.549. The first-order valence-corrected chi connectivity index (χ1v) is 13.1. The van der Waals surface area contributed by atoms with Gasteiger partial charge in [-0.15, -0.1) is 0 Å². The van der Waals surface area contributed by atoms with Gasteiger partial charge in [0.1, 0.15) is 5.54 Å². The molecule has 0 radical (unpaired) electrons. The van der Waals surface area contributed by atoms with Crippen LogP contribution in [0.5, 0.6) is 0 Å². The number of amides is 1. The molecular weight excluding hydrogens is 507 g/mol. The maximum atomic E-state index is 13.4.